The molecular weight excluding hydrogens is 517 g/mol. The van der Waals surface area contributed by atoms with Gasteiger partial charge in [0.2, 0.25) is 0 Å². The molecule has 0 aliphatic carbocycles. The quantitative estimate of drug-likeness (QED) is 0.364. The third-order valence-corrected chi connectivity index (χ3v) is 5.84. The monoisotopic (exact) mass is 526 g/mol. The molecule has 10 heteroatoms. The van der Waals surface area contributed by atoms with E-state index in [2.05, 4.69) is 26.2 Å². The Balaban J connectivity index is 1.58. The van der Waals surface area contributed by atoms with Crippen LogP contribution in [0.1, 0.15) is 11.3 Å². The van der Waals surface area contributed by atoms with Gasteiger partial charge in [0.25, 0.3) is 5.91 Å². The van der Waals surface area contributed by atoms with E-state index in [1.165, 1.54) is 12.1 Å². The molecule has 1 N–H and O–H groups in total. The van der Waals surface area contributed by atoms with E-state index in [1.807, 2.05) is 24.3 Å². The second-order valence-corrected chi connectivity index (χ2v) is 8.73. The number of carbonyl (C=O) groups excluding carboxylic acids is 1. The van der Waals surface area contributed by atoms with Crippen LogP contribution >= 0.6 is 39.3 Å². The zero-order valence-electron chi connectivity index (χ0n) is 15.3. The van der Waals surface area contributed by atoms with Crippen LogP contribution in [0.25, 0.3) is 17.4 Å². The van der Waals surface area contributed by atoms with Crippen molar-refractivity contribution < 1.29 is 22.4 Å². The number of amidine groups is 1. The molecule has 4 nitrogen and oxygen atoms in total. The average Bonchev–Trinajstić information content (AvgIpc) is 3.30. The molecule has 1 aromatic heterocycles. The van der Waals surface area contributed by atoms with Gasteiger partial charge >= 0.3 is 6.18 Å². The number of carbonyl (C=O) groups is 1. The summed E-state index contributed by atoms with van der Waals surface area (Å²) in [6.07, 6.45) is -3.12. The van der Waals surface area contributed by atoms with Crippen molar-refractivity contribution in [3.8, 4) is 11.3 Å². The molecule has 0 bridgehead atoms. The summed E-state index contributed by atoms with van der Waals surface area (Å²) in [5.74, 6) is 0.569. The SMILES string of the molecule is O=C1NC(=Nc2ccc(Cl)cc2C(F)(F)F)SC1=Cc1ccc(-c2ccc(Br)cc2)o1. The maximum absolute atomic E-state index is 13.3. The number of benzene rings is 2. The fourth-order valence-corrected chi connectivity index (χ4v) is 4.00. The highest BCUT2D eigenvalue weighted by molar-refractivity contribution is 9.10. The molecule has 3 aromatic rings. The predicted molar refractivity (Wildman–Crippen MR) is 119 cm³/mol. The smallest absolute Gasteiger partial charge is 0.418 e. The van der Waals surface area contributed by atoms with Gasteiger partial charge in [0.15, 0.2) is 5.17 Å². The molecule has 0 saturated carbocycles. The van der Waals surface area contributed by atoms with Crippen LogP contribution < -0.4 is 5.32 Å². The van der Waals surface area contributed by atoms with E-state index in [4.69, 9.17) is 16.0 Å². The third-order valence-electron chi connectivity index (χ3n) is 4.17. The van der Waals surface area contributed by atoms with E-state index in [0.717, 1.165) is 33.9 Å². The van der Waals surface area contributed by atoms with Crippen LogP contribution in [0.4, 0.5) is 18.9 Å². The molecule has 1 amide bonds. The molecule has 1 aliphatic rings. The number of thioether (sulfide) groups is 1. The van der Waals surface area contributed by atoms with Gasteiger partial charge in [-0.2, -0.15) is 13.2 Å². The number of halogens is 5. The van der Waals surface area contributed by atoms with Gasteiger partial charge in [-0.15, -0.1) is 0 Å². The first kappa shape index (κ1) is 21.7. The maximum Gasteiger partial charge on any atom is 0.418 e. The van der Waals surface area contributed by atoms with Crippen molar-refractivity contribution in [2.24, 2.45) is 4.99 Å². The molecule has 0 radical (unpaired) electrons. The number of furan rings is 1. The molecule has 0 unspecified atom stereocenters. The van der Waals surface area contributed by atoms with Gasteiger partial charge in [-0.1, -0.05) is 39.7 Å². The van der Waals surface area contributed by atoms with Crippen LogP contribution in [-0.2, 0) is 11.0 Å². The number of hydrogen-bond acceptors (Lipinski definition) is 4. The number of nitrogens with zero attached hydrogens (tertiary/aromatic N) is 1. The number of hydrogen-bond donors (Lipinski definition) is 1. The summed E-state index contributed by atoms with van der Waals surface area (Å²) in [5, 5.41) is 2.44. The van der Waals surface area contributed by atoms with E-state index in [1.54, 1.807) is 12.1 Å². The maximum atomic E-state index is 13.3. The Hall–Kier alpha value is -2.49. The zero-order chi connectivity index (χ0) is 22.2. The summed E-state index contributed by atoms with van der Waals surface area (Å²) in [6.45, 7) is 0. The van der Waals surface area contributed by atoms with Gasteiger partial charge in [0, 0.05) is 21.1 Å². The van der Waals surface area contributed by atoms with Crippen molar-refractivity contribution in [1.29, 1.82) is 0 Å². The fraction of sp³-hybridized carbons (Fsp3) is 0.0476. The number of rotatable bonds is 3. The lowest BCUT2D eigenvalue weighted by atomic mass is 10.2. The minimum atomic E-state index is -4.63. The number of nitrogens with one attached hydrogen (secondary N) is 1. The highest BCUT2D eigenvalue weighted by Gasteiger charge is 2.34. The molecule has 0 atom stereocenters. The van der Waals surface area contributed by atoms with Gasteiger partial charge in [0.05, 0.1) is 16.2 Å². The first-order valence-electron chi connectivity index (χ1n) is 8.71. The minimum absolute atomic E-state index is 0.0313. The van der Waals surface area contributed by atoms with Crippen molar-refractivity contribution in [2.75, 3.05) is 0 Å². The lowest BCUT2D eigenvalue weighted by molar-refractivity contribution is -0.137. The van der Waals surface area contributed by atoms with Crippen molar-refractivity contribution in [2.45, 2.75) is 6.18 Å². The van der Waals surface area contributed by atoms with Crippen LogP contribution in [0.3, 0.4) is 0 Å². The summed E-state index contributed by atoms with van der Waals surface area (Å²) < 4.78 is 46.5. The minimum Gasteiger partial charge on any atom is -0.457 e. The van der Waals surface area contributed by atoms with E-state index in [-0.39, 0.29) is 20.8 Å². The molecule has 1 aliphatic heterocycles. The van der Waals surface area contributed by atoms with Crippen molar-refractivity contribution in [3.63, 3.8) is 0 Å². The van der Waals surface area contributed by atoms with Crippen molar-refractivity contribution in [3.05, 3.63) is 80.3 Å². The summed E-state index contributed by atoms with van der Waals surface area (Å²) in [6, 6.07) is 14.3. The normalized spacial score (nSPS) is 16.9. The van der Waals surface area contributed by atoms with Gasteiger partial charge < -0.3 is 9.73 Å². The van der Waals surface area contributed by atoms with E-state index < -0.39 is 17.6 Å². The van der Waals surface area contributed by atoms with Crippen molar-refractivity contribution in [1.82, 2.24) is 5.32 Å². The van der Waals surface area contributed by atoms with Gasteiger partial charge in [-0.3, -0.25) is 4.79 Å². The molecule has 1 saturated heterocycles. The Morgan fingerprint density at radius 3 is 2.55 bits per heavy atom. The van der Waals surface area contributed by atoms with Crippen LogP contribution in [0.15, 0.2) is 73.4 Å². The Kier molecular flexibility index (Phi) is 6.00. The lowest BCUT2D eigenvalue weighted by Gasteiger charge is -2.10. The van der Waals surface area contributed by atoms with E-state index >= 15 is 0 Å². The Morgan fingerprint density at radius 2 is 1.84 bits per heavy atom. The summed E-state index contributed by atoms with van der Waals surface area (Å²) in [7, 11) is 0. The zero-order valence-corrected chi connectivity index (χ0v) is 18.5. The van der Waals surface area contributed by atoms with E-state index in [0.29, 0.717) is 11.5 Å². The van der Waals surface area contributed by atoms with Gasteiger partial charge in [0.1, 0.15) is 11.5 Å². The fourth-order valence-electron chi connectivity index (χ4n) is 2.75. The molecule has 2 aromatic carbocycles. The van der Waals surface area contributed by atoms with Gasteiger partial charge in [-0.05, 0) is 54.2 Å². The van der Waals surface area contributed by atoms with Crippen molar-refractivity contribution >= 4 is 62.1 Å². The van der Waals surface area contributed by atoms with Crippen LogP contribution in [0, 0.1) is 0 Å². The third kappa shape index (κ3) is 5.06. The highest BCUT2D eigenvalue weighted by Crippen LogP contribution is 2.39. The van der Waals surface area contributed by atoms with Crippen LogP contribution in [-0.4, -0.2) is 11.1 Å². The lowest BCUT2D eigenvalue weighted by Crippen LogP contribution is -2.19. The highest BCUT2D eigenvalue weighted by atomic mass is 79.9. The Labute approximate surface area is 192 Å². The van der Waals surface area contributed by atoms with Gasteiger partial charge in [-0.25, -0.2) is 4.99 Å². The molecule has 31 heavy (non-hydrogen) atoms. The number of aliphatic imine (C=N–C) groups is 1. The molecule has 0 spiro atoms. The summed E-state index contributed by atoms with van der Waals surface area (Å²) in [5.41, 5.74) is -0.456. The summed E-state index contributed by atoms with van der Waals surface area (Å²) >= 11 is 9.98. The molecule has 1 fully saturated rings. The Morgan fingerprint density at radius 1 is 1.10 bits per heavy atom. The number of alkyl halides is 3. The molecular formula is C21H11BrClF3N2O2S. The first-order chi connectivity index (χ1) is 14.7. The second kappa shape index (κ2) is 8.57. The molecule has 158 valence electrons. The topological polar surface area (TPSA) is 54.6 Å². The summed E-state index contributed by atoms with van der Waals surface area (Å²) in [4.78, 5) is 16.5. The van der Waals surface area contributed by atoms with E-state index in [9.17, 15) is 18.0 Å². The molecule has 2 heterocycles. The first-order valence-corrected chi connectivity index (χ1v) is 10.7. The van der Waals surface area contributed by atoms with Crippen LogP contribution in [0.5, 0.6) is 0 Å². The molecule has 4 rings (SSSR count). The number of amides is 1. The second-order valence-electron chi connectivity index (χ2n) is 6.35. The Bertz CT molecular complexity index is 1220. The largest absolute Gasteiger partial charge is 0.457 e. The van der Waals surface area contributed by atoms with Crippen LogP contribution in [0.2, 0.25) is 5.02 Å². The average molecular weight is 528 g/mol. The standard InChI is InChI=1S/C21H11BrClF3N2O2S/c22-12-3-1-11(2-4-12)17-8-6-14(30-17)10-18-19(29)28-20(31-18)27-16-7-5-13(23)9-15(16)21(24,25)26/h1-10H,(H,27,28,29). The predicted octanol–water partition coefficient (Wildman–Crippen LogP) is 7.27.